The van der Waals surface area contributed by atoms with E-state index in [2.05, 4.69) is 0 Å². The fourth-order valence-electron chi connectivity index (χ4n) is 2.74. The minimum Gasteiger partial charge on any atom is -0.481 e. The van der Waals surface area contributed by atoms with Crippen LogP contribution in [0.4, 0.5) is 0 Å². The third-order valence-electron chi connectivity index (χ3n) is 4.47. The molecule has 2 N–H and O–H groups in total. The standard InChI is InChI=1S/C16H20O4/c1-15(2,13(17)18)11-7-8-12(10-6-5-9(10)11)16(3,4)14(19)20/h7-8H,5-6H2,1-4H3,(H,17,18)(H,19,20). The minimum atomic E-state index is -0.948. The highest BCUT2D eigenvalue weighted by atomic mass is 16.4. The first-order valence-electron chi connectivity index (χ1n) is 6.72. The molecule has 0 radical (unpaired) electrons. The highest BCUT2D eigenvalue weighted by molar-refractivity contribution is 5.84. The second kappa shape index (κ2) is 4.33. The Hall–Kier alpha value is -1.84. The molecule has 2 rings (SSSR count). The fraction of sp³-hybridized carbons (Fsp3) is 0.500. The molecule has 0 spiro atoms. The molecule has 1 aromatic rings. The maximum Gasteiger partial charge on any atom is 0.313 e. The van der Waals surface area contributed by atoms with E-state index in [0.717, 1.165) is 35.1 Å². The van der Waals surface area contributed by atoms with Crippen LogP contribution in [0.15, 0.2) is 12.1 Å². The van der Waals surface area contributed by atoms with Crippen molar-refractivity contribution in [1.82, 2.24) is 0 Å². The topological polar surface area (TPSA) is 74.6 Å². The lowest BCUT2D eigenvalue weighted by molar-refractivity contribution is -0.143. The lowest BCUT2D eigenvalue weighted by Crippen LogP contribution is -2.36. The van der Waals surface area contributed by atoms with E-state index in [1.54, 1.807) is 39.8 Å². The van der Waals surface area contributed by atoms with E-state index < -0.39 is 22.8 Å². The Balaban J connectivity index is 2.59. The molecule has 108 valence electrons. The molecule has 1 aliphatic carbocycles. The molecule has 0 saturated carbocycles. The molecule has 20 heavy (non-hydrogen) atoms. The zero-order chi connectivity index (χ0) is 15.3. The number of carboxylic acids is 2. The van der Waals surface area contributed by atoms with E-state index in [-0.39, 0.29) is 0 Å². The first-order chi connectivity index (χ1) is 9.10. The number of fused-ring (bicyclic) bond motifs is 1. The van der Waals surface area contributed by atoms with Crippen LogP contribution in [0.25, 0.3) is 0 Å². The maximum atomic E-state index is 11.4. The van der Waals surface area contributed by atoms with Gasteiger partial charge >= 0.3 is 11.9 Å². The van der Waals surface area contributed by atoms with Crippen molar-refractivity contribution in [2.75, 3.05) is 0 Å². The van der Waals surface area contributed by atoms with Crippen molar-refractivity contribution in [3.63, 3.8) is 0 Å². The van der Waals surface area contributed by atoms with Crippen LogP contribution in [0.3, 0.4) is 0 Å². The number of rotatable bonds is 4. The third kappa shape index (κ3) is 1.90. The van der Waals surface area contributed by atoms with Crippen LogP contribution in [-0.2, 0) is 33.3 Å². The van der Waals surface area contributed by atoms with E-state index in [0.29, 0.717) is 0 Å². The van der Waals surface area contributed by atoms with Crippen molar-refractivity contribution >= 4 is 11.9 Å². The number of carboxylic acid groups (broad SMARTS) is 2. The Morgan fingerprint density at radius 3 is 1.35 bits per heavy atom. The number of hydrogen-bond donors (Lipinski definition) is 2. The Kier molecular flexibility index (Phi) is 3.16. The molecule has 4 nitrogen and oxygen atoms in total. The largest absolute Gasteiger partial charge is 0.481 e. The normalized spacial score (nSPS) is 14.4. The van der Waals surface area contributed by atoms with E-state index in [1.165, 1.54) is 0 Å². The van der Waals surface area contributed by atoms with Gasteiger partial charge in [0.1, 0.15) is 0 Å². The third-order valence-corrected chi connectivity index (χ3v) is 4.47. The highest BCUT2D eigenvalue weighted by Crippen LogP contribution is 2.40. The monoisotopic (exact) mass is 276 g/mol. The fourth-order valence-corrected chi connectivity index (χ4v) is 2.74. The molecule has 0 atom stereocenters. The van der Waals surface area contributed by atoms with Crippen LogP contribution >= 0.6 is 0 Å². The molecule has 0 amide bonds. The Labute approximate surface area is 118 Å². The molecule has 4 heteroatoms. The molecule has 0 aliphatic heterocycles. The quantitative estimate of drug-likeness (QED) is 0.886. The van der Waals surface area contributed by atoms with Crippen LogP contribution in [0.5, 0.6) is 0 Å². The predicted molar refractivity (Wildman–Crippen MR) is 75.2 cm³/mol. The van der Waals surface area contributed by atoms with Gasteiger partial charge < -0.3 is 10.2 Å². The van der Waals surface area contributed by atoms with Gasteiger partial charge in [0.2, 0.25) is 0 Å². The minimum absolute atomic E-state index is 0.802. The summed E-state index contributed by atoms with van der Waals surface area (Å²) in [5.41, 5.74) is 1.74. The molecule has 0 saturated heterocycles. The maximum absolute atomic E-state index is 11.4. The molecule has 1 aliphatic rings. The Bertz CT molecular complexity index is 544. The molecular weight excluding hydrogens is 256 g/mol. The van der Waals surface area contributed by atoms with Gasteiger partial charge in [-0.25, -0.2) is 0 Å². The summed E-state index contributed by atoms with van der Waals surface area (Å²) in [6.07, 6.45) is 1.65. The summed E-state index contributed by atoms with van der Waals surface area (Å²) >= 11 is 0. The predicted octanol–water partition coefficient (Wildman–Crippen LogP) is 2.51. The van der Waals surface area contributed by atoms with Gasteiger partial charge in [-0.05, 0) is 62.8 Å². The van der Waals surface area contributed by atoms with Gasteiger partial charge in [-0.2, -0.15) is 0 Å². The lowest BCUT2D eigenvalue weighted by atomic mass is 9.68. The lowest BCUT2D eigenvalue weighted by Gasteiger charge is -2.35. The Morgan fingerprint density at radius 1 is 0.850 bits per heavy atom. The summed E-state index contributed by atoms with van der Waals surface area (Å²) in [7, 11) is 0. The average Bonchev–Trinajstić information content (AvgIpc) is 2.28. The van der Waals surface area contributed by atoms with E-state index in [9.17, 15) is 19.8 Å². The van der Waals surface area contributed by atoms with Gasteiger partial charge in [-0.15, -0.1) is 0 Å². The molecule has 0 unspecified atom stereocenters. The smallest absolute Gasteiger partial charge is 0.313 e. The summed E-state index contributed by atoms with van der Waals surface area (Å²) in [5.74, 6) is -1.73. The van der Waals surface area contributed by atoms with E-state index >= 15 is 0 Å². The molecule has 0 heterocycles. The van der Waals surface area contributed by atoms with Gasteiger partial charge in [-0.3, -0.25) is 9.59 Å². The Morgan fingerprint density at radius 2 is 1.15 bits per heavy atom. The number of carbonyl (C=O) groups is 2. The second-order valence-corrected chi connectivity index (χ2v) is 6.48. The molecule has 0 aromatic heterocycles. The first-order valence-corrected chi connectivity index (χ1v) is 6.72. The van der Waals surface area contributed by atoms with Crippen molar-refractivity contribution in [3.05, 3.63) is 34.4 Å². The molecule has 0 fully saturated rings. The summed E-state index contributed by atoms with van der Waals surface area (Å²) < 4.78 is 0. The van der Waals surface area contributed by atoms with Crippen molar-refractivity contribution in [2.24, 2.45) is 0 Å². The summed E-state index contributed by atoms with van der Waals surface area (Å²) in [6.45, 7) is 6.74. The average molecular weight is 276 g/mol. The van der Waals surface area contributed by atoms with Gasteiger partial charge in [-0.1, -0.05) is 12.1 Å². The van der Waals surface area contributed by atoms with Crippen LogP contribution < -0.4 is 0 Å². The van der Waals surface area contributed by atoms with Crippen molar-refractivity contribution in [2.45, 2.75) is 51.4 Å². The summed E-state index contributed by atoms with van der Waals surface area (Å²) in [6, 6.07) is 3.57. The first kappa shape index (κ1) is 14.6. The van der Waals surface area contributed by atoms with Gasteiger partial charge in [0.25, 0.3) is 0 Å². The van der Waals surface area contributed by atoms with Gasteiger partial charge in [0.15, 0.2) is 0 Å². The van der Waals surface area contributed by atoms with Crippen LogP contribution in [0.1, 0.15) is 49.9 Å². The van der Waals surface area contributed by atoms with Crippen LogP contribution in [0.2, 0.25) is 0 Å². The van der Waals surface area contributed by atoms with E-state index in [1.807, 2.05) is 0 Å². The number of aliphatic carboxylic acids is 2. The molecule has 1 aromatic carbocycles. The van der Waals surface area contributed by atoms with Crippen LogP contribution in [-0.4, -0.2) is 22.2 Å². The van der Waals surface area contributed by atoms with Crippen molar-refractivity contribution in [1.29, 1.82) is 0 Å². The number of benzene rings is 1. The second-order valence-electron chi connectivity index (χ2n) is 6.48. The van der Waals surface area contributed by atoms with Crippen molar-refractivity contribution in [3.8, 4) is 0 Å². The highest BCUT2D eigenvalue weighted by Gasteiger charge is 2.39. The van der Waals surface area contributed by atoms with Gasteiger partial charge in [0.05, 0.1) is 10.8 Å². The van der Waals surface area contributed by atoms with Crippen molar-refractivity contribution < 1.29 is 19.8 Å². The SMILES string of the molecule is CC(C)(C(=O)O)c1ccc(C(C)(C)C(=O)O)c2c1CC2. The molecular formula is C16H20O4. The van der Waals surface area contributed by atoms with Gasteiger partial charge in [0, 0.05) is 0 Å². The number of hydrogen-bond acceptors (Lipinski definition) is 2. The summed E-state index contributed by atoms with van der Waals surface area (Å²) in [4.78, 5) is 22.8. The zero-order valence-corrected chi connectivity index (χ0v) is 12.3. The zero-order valence-electron chi connectivity index (χ0n) is 12.3. The molecule has 0 bridgehead atoms. The van der Waals surface area contributed by atoms with E-state index in [4.69, 9.17) is 0 Å². The summed E-state index contributed by atoms with van der Waals surface area (Å²) in [5, 5.41) is 18.7. The van der Waals surface area contributed by atoms with Crippen LogP contribution in [0, 0.1) is 0 Å².